The number of H-pyrrole nitrogens is 2. The predicted octanol–water partition coefficient (Wildman–Crippen LogP) is 0.991. The molecule has 0 spiro atoms. The van der Waals surface area contributed by atoms with Crippen molar-refractivity contribution in [1.82, 2.24) is 20.3 Å². The average Bonchev–Trinajstić information content (AvgIpc) is 2.67. The molecule has 3 aromatic rings. The number of fused-ring (bicyclic) bond motifs is 1. The normalized spacial score (nSPS) is 10.8. The molecule has 0 aliphatic heterocycles. The number of benzene rings is 1. The SMILES string of the molecule is O=C(NCCCOCCc1ccccc1)c1cnc2[nH]c(=O)[nH]c(=O)c2c1. The molecule has 0 bridgehead atoms. The van der Waals surface area contributed by atoms with E-state index in [1.807, 2.05) is 18.2 Å². The van der Waals surface area contributed by atoms with E-state index in [9.17, 15) is 14.4 Å². The number of aromatic amines is 2. The maximum absolute atomic E-state index is 12.2. The minimum absolute atomic E-state index is 0.145. The lowest BCUT2D eigenvalue weighted by atomic mass is 10.2. The largest absolute Gasteiger partial charge is 0.381 e. The van der Waals surface area contributed by atoms with Crippen LogP contribution in [0.2, 0.25) is 0 Å². The van der Waals surface area contributed by atoms with Gasteiger partial charge in [0.05, 0.1) is 17.6 Å². The third-order valence-corrected chi connectivity index (χ3v) is 3.98. The van der Waals surface area contributed by atoms with Gasteiger partial charge >= 0.3 is 5.69 Å². The van der Waals surface area contributed by atoms with E-state index in [1.165, 1.54) is 17.8 Å². The van der Waals surface area contributed by atoms with Crippen LogP contribution < -0.4 is 16.6 Å². The maximum Gasteiger partial charge on any atom is 0.327 e. The van der Waals surface area contributed by atoms with Crippen LogP contribution in [0.3, 0.4) is 0 Å². The first-order chi connectivity index (χ1) is 13.1. The first-order valence-electron chi connectivity index (χ1n) is 8.66. The van der Waals surface area contributed by atoms with Gasteiger partial charge in [0.15, 0.2) is 0 Å². The summed E-state index contributed by atoms with van der Waals surface area (Å²) in [5.41, 5.74) is 0.412. The number of rotatable bonds is 8. The van der Waals surface area contributed by atoms with Crippen molar-refractivity contribution in [1.29, 1.82) is 0 Å². The summed E-state index contributed by atoms with van der Waals surface area (Å²) in [6.07, 6.45) is 2.85. The highest BCUT2D eigenvalue weighted by molar-refractivity contribution is 5.96. The Hall–Kier alpha value is -3.26. The highest BCUT2D eigenvalue weighted by Gasteiger charge is 2.09. The zero-order chi connectivity index (χ0) is 19.1. The number of ether oxygens (including phenoxy) is 1. The van der Waals surface area contributed by atoms with E-state index in [0.717, 1.165) is 6.42 Å². The molecule has 3 rings (SSSR count). The quantitative estimate of drug-likeness (QED) is 0.513. The third-order valence-electron chi connectivity index (χ3n) is 3.98. The molecule has 0 fully saturated rings. The summed E-state index contributed by atoms with van der Waals surface area (Å²) in [6.45, 7) is 1.63. The van der Waals surface area contributed by atoms with Gasteiger partial charge in [0.2, 0.25) is 0 Å². The van der Waals surface area contributed by atoms with Gasteiger partial charge in [-0.2, -0.15) is 0 Å². The number of hydrogen-bond donors (Lipinski definition) is 3. The van der Waals surface area contributed by atoms with Crippen LogP contribution >= 0.6 is 0 Å². The van der Waals surface area contributed by atoms with Crippen LogP contribution in [0.15, 0.2) is 52.2 Å². The van der Waals surface area contributed by atoms with Gasteiger partial charge in [-0.1, -0.05) is 30.3 Å². The molecule has 8 heteroatoms. The second-order valence-corrected chi connectivity index (χ2v) is 5.99. The van der Waals surface area contributed by atoms with Crippen LogP contribution in [0.1, 0.15) is 22.3 Å². The Bertz CT molecular complexity index is 1030. The summed E-state index contributed by atoms with van der Waals surface area (Å²) < 4.78 is 5.57. The zero-order valence-electron chi connectivity index (χ0n) is 14.7. The summed E-state index contributed by atoms with van der Waals surface area (Å²) in [5.74, 6) is -0.334. The zero-order valence-corrected chi connectivity index (χ0v) is 14.7. The average molecular weight is 368 g/mol. The molecule has 2 heterocycles. The van der Waals surface area contributed by atoms with E-state index in [1.54, 1.807) is 0 Å². The molecule has 8 nitrogen and oxygen atoms in total. The molecule has 0 saturated heterocycles. The summed E-state index contributed by atoms with van der Waals surface area (Å²) in [4.78, 5) is 43.6. The predicted molar refractivity (Wildman–Crippen MR) is 101 cm³/mol. The molecule has 0 radical (unpaired) electrons. The van der Waals surface area contributed by atoms with Gasteiger partial charge < -0.3 is 10.1 Å². The molecule has 1 amide bonds. The van der Waals surface area contributed by atoms with Gasteiger partial charge in [-0.15, -0.1) is 0 Å². The lowest BCUT2D eigenvalue weighted by Gasteiger charge is -2.07. The van der Waals surface area contributed by atoms with Gasteiger partial charge in [-0.25, -0.2) is 9.78 Å². The van der Waals surface area contributed by atoms with Crippen molar-refractivity contribution in [3.63, 3.8) is 0 Å². The van der Waals surface area contributed by atoms with E-state index in [4.69, 9.17) is 4.74 Å². The Balaban J connectivity index is 1.42. The molecular formula is C19H20N4O4. The second kappa shape index (κ2) is 8.91. The van der Waals surface area contributed by atoms with Crippen LogP contribution in [-0.2, 0) is 11.2 Å². The second-order valence-electron chi connectivity index (χ2n) is 5.99. The molecular weight excluding hydrogens is 348 g/mol. The standard InChI is InChI=1S/C19H20N4O4/c24-17(14-11-15-16(21-12-14)22-19(26)23-18(15)25)20-8-4-9-27-10-7-13-5-2-1-3-6-13/h1-3,5-6,11-12H,4,7-10H2,(H,20,24)(H2,21,22,23,25,26). The van der Waals surface area contributed by atoms with Crippen LogP contribution in [0.4, 0.5) is 0 Å². The van der Waals surface area contributed by atoms with Crippen molar-refractivity contribution in [3.05, 3.63) is 74.6 Å². The van der Waals surface area contributed by atoms with Crippen molar-refractivity contribution in [3.8, 4) is 0 Å². The first kappa shape index (κ1) is 18.5. The fourth-order valence-corrected chi connectivity index (χ4v) is 2.59. The molecule has 0 unspecified atom stereocenters. The number of carbonyl (C=O) groups is 1. The van der Waals surface area contributed by atoms with E-state index in [2.05, 4.69) is 32.4 Å². The number of aromatic nitrogens is 3. The van der Waals surface area contributed by atoms with Crippen molar-refractivity contribution in [2.75, 3.05) is 19.8 Å². The minimum Gasteiger partial charge on any atom is -0.381 e. The molecule has 2 aromatic heterocycles. The number of pyridine rings is 1. The fourth-order valence-electron chi connectivity index (χ4n) is 2.59. The molecule has 0 aliphatic rings. The number of amides is 1. The van der Waals surface area contributed by atoms with Gasteiger partial charge in [0, 0.05) is 19.3 Å². The minimum atomic E-state index is -0.635. The highest BCUT2D eigenvalue weighted by Crippen LogP contribution is 2.05. The molecule has 0 aliphatic carbocycles. The highest BCUT2D eigenvalue weighted by atomic mass is 16.5. The maximum atomic E-state index is 12.2. The van der Waals surface area contributed by atoms with E-state index in [-0.39, 0.29) is 22.5 Å². The van der Waals surface area contributed by atoms with Crippen LogP contribution in [0.25, 0.3) is 11.0 Å². The first-order valence-corrected chi connectivity index (χ1v) is 8.66. The van der Waals surface area contributed by atoms with Crippen molar-refractivity contribution < 1.29 is 9.53 Å². The lowest BCUT2D eigenvalue weighted by Crippen LogP contribution is -2.27. The molecule has 0 atom stereocenters. The smallest absolute Gasteiger partial charge is 0.327 e. The van der Waals surface area contributed by atoms with Gasteiger partial charge in [0.1, 0.15) is 5.65 Å². The number of hydrogen-bond acceptors (Lipinski definition) is 5. The Morgan fingerprint density at radius 1 is 1.11 bits per heavy atom. The number of nitrogens with zero attached hydrogens (tertiary/aromatic N) is 1. The van der Waals surface area contributed by atoms with E-state index < -0.39 is 11.2 Å². The monoisotopic (exact) mass is 368 g/mol. The topological polar surface area (TPSA) is 117 Å². The Kier molecular flexibility index (Phi) is 6.11. The van der Waals surface area contributed by atoms with Crippen LogP contribution in [0, 0.1) is 0 Å². The van der Waals surface area contributed by atoms with Crippen molar-refractivity contribution >= 4 is 16.9 Å². The summed E-state index contributed by atoms with van der Waals surface area (Å²) >= 11 is 0. The molecule has 1 aromatic carbocycles. The van der Waals surface area contributed by atoms with Crippen LogP contribution in [0.5, 0.6) is 0 Å². The Morgan fingerprint density at radius 3 is 2.74 bits per heavy atom. The molecule has 3 N–H and O–H groups in total. The Morgan fingerprint density at radius 2 is 1.93 bits per heavy atom. The molecule has 27 heavy (non-hydrogen) atoms. The van der Waals surface area contributed by atoms with Crippen LogP contribution in [-0.4, -0.2) is 40.6 Å². The number of carbonyl (C=O) groups excluding carboxylic acids is 1. The fraction of sp³-hybridized carbons (Fsp3) is 0.263. The van der Waals surface area contributed by atoms with Gasteiger partial charge in [-0.3, -0.25) is 19.6 Å². The van der Waals surface area contributed by atoms with Gasteiger partial charge in [-0.05, 0) is 24.5 Å². The molecule has 140 valence electrons. The van der Waals surface area contributed by atoms with E-state index in [0.29, 0.717) is 26.2 Å². The van der Waals surface area contributed by atoms with E-state index >= 15 is 0 Å². The Labute approximate surface area is 154 Å². The van der Waals surface area contributed by atoms with Gasteiger partial charge in [0.25, 0.3) is 11.5 Å². The summed E-state index contributed by atoms with van der Waals surface area (Å²) in [5, 5.41) is 2.92. The van der Waals surface area contributed by atoms with Crippen molar-refractivity contribution in [2.45, 2.75) is 12.8 Å². The summed E-state index contributed by atoms with van der Waals surface area (Å²) in [6, 6.07) is 11.5. The third kappa shape index (κ3) is 5.11. The molecule has 0 saturated carbocycles. The number of nitrogens with one attached hydrogen (secondary N) is 3. The lowest BCUT2D eigenvalue weighted by molar-refractivity contribution is 0.0942. The van der Waals surface area contributed by atoms with Crippen molar-refractivity contribution in [2.24, 2.45) is 0 Å². The summed E-state index contributed by atoms with van der Waals surface area (Å²) in [7, 11) is 0.